The van der Waals surface area contributed by atoms with Crippen molar-refractivity contribution in [3.05, 3.63) is 0 Å². The average molecular weight is 293 g/mol. The van der Waals surface area contributed by atoms with Gasteiger partial charge < -0.3 is 19.7 Å². The second-order valence-electron chi connectivity index (χ2n) is 5.31. The van der Waals surface area contributed by atoms with Crippen molar-refractivity contribution in [3.8, 4) is 6.01 Å². The Bertz CT molecular complexity index is 460. The Balaban J connectivity index is 1.88. The van der Waals surface area contributed by atoms with Crippen LogP contribution in [0.4, 0.5) is 11.9 Å². The van der Waals surface area contributed by atoms with Crippen molar-refractivity contribution >= 4 is 11.9 Å². The van der Waals surface area contributed by atoms with Gasteiger partial charge in [0.2, 0.25) is 11.9 Å². The number of nitrogens with zero attached hydrogens (tertiary/aromatic N) is 4. The predicted molar refractivity (Wildman–Crippen MR) is 79.9 cm³/mol. The van der Waals surface area contributed by atoms with Gasteiger partial charge in [-0.25, -0.2) is 0 Å². The van der Waals surface area contributed by atoms with E-state index in [1.54, 1.807) is 0 Å². The van der Waals surface area contributed by atoms with E-state index in [2.05, 4.69) is 25.2 Å². The Kier molecular flexibility index (Phi) is 4.38. The van der Waals surface area contributed by atoms with Gasteiger partial charge in [0.15, 0.2) is 0 Å². The van der Waals surface area contributed by atoms with E-state index in [0.29, 0.717) is 36.7 Å². The molecule has 0 aromatic carbocycles. The van der Waals surface area contributed by atoms with Crippen LogP contribution in [0.25, 0.3) is 0 Å². The lowest BCUT2D eigenvalue weighted by Gasteiger charge is -2.37. The van der Waals surface area contributed by atoms with Crippen molar-refractivity contribution in [1.82, 2.24) is 15.0 Å². The second-order valence-corrected chi connectivity index (χ2v) is 5.31. The van der Waals surface area contributed by atoms with Crippen molar-refractivity contribution in [2.45, 2.75) is 45.3 Å². The van der Waals surface area contributed by atoms with Gasteiger partial charge in [-0.05, 0) is 33.1 Å². The first kappa shape index (κ1) is 14.3. The highest BCUT2D eigenvalue weighted by Crippen LogP contribution is 2.32. The van der Waals surface area contributed by atoms with Crippen LogP contribution in [0.1, 0.15) is 33.1 Å². The van der Waals surface area contributed by atoms with Crippen molar-refractivity contribution in [2.75, 3.05) is 36.5 Å². The smallest absolute Gasteiger partial charge is 0.323 e. The number of fused-ring (bicyclic) bond motifs is 1. The van der Waals surface area contributed by atoms with Crippen molar-refractivity contribution < 1.29 is 9.47 Å². The molecule has 21 heavy (non-hydrogen) atoms. The van der Waals surface area contributed by atoms with Gasteiger partial charge in [0.25, 0.3) is 0 Å². The lowest BCUT2D eigenvalue weighted by molar-refractivity contribution is 0.0249. The van der Waals surface area contributed by atoms with E-state index < -0.39 is 0 Å². The van der Waals surface area contributed by atoms with Crippen LogP contribution >= 0.6 is 0 Å². The molecule has 7 heteroatoms. The summed E-state index contributed by atoms with van der Waals surface area (Å²) in [6.45, 7) is 6.81. The minimum atomic E-state index is 0.314. The number of nitrogens with one attached hydrogen (secondary N) is 1. The van der Waals surface area contributed by atoms with E-state index >= 15 is 0 Å². The molecule has 2 heterocycles. The van der Waals surface area contributed by atoms with Crippen LogP contribution in [0.2, 0.25) is 0 Å². The van der Waals surface area contributed by atoms with Crippen molar-refractivity contribution in [2.24, 2.45) is 0 Å². The summed E-state index contributed by atoms with van der Waals surface area (Å²) in [5, 5.41) is 3.15. The highest BCUT2D eigenvalue weighted by Gasteiger charge is 2.37. The third-order valence-electron chi connectivity index (χ3n) is 3.95. The van der Waals surface area contributed by atoms with Crippen LogP contribution in [0.5, 0.6) is 6.01 Å². The minimum Gasteiger partial charge on any atom is -0.464 e. The molecule has 0 bridgehead atoms. The number of hydrogen-bond acceptors (Lipinski definition) is 7. The summed E-state index contributed by atoms with van der Waals surface area (Å²) in [4.78, 5) is 15.6. The molecular weight excluding hydrogens is 270 g/mol. The predicted octanol–water partition coefficient (Wildman–Crippen LogP) is 1.46. The Morgan fingerprint density at radius 3 is 3.00 bits per heavy atom. The molecule has 3 rings (SSSR count). The van der Waals surface area contributed by atoms with Gasteiger partial charge in [-0.2, -0.15) is 15.0 Å². The van der Waals surface area contributed by atoms with E-state index in [1.165, 1.54) is 6.42 Å². The van der Waals surface area contributed by atoms with Gasteiger partial charge in [0.05, 0.1) is 25.4 Å². The van der Waals surface area contributed by atoms with Gasteiger partial charge in [-0.3, -0.25) is 0 Å². The monoisotopic (exact) mass is 293 g/mol. The molecule has 1 aromatic heterocycles. The number of ether oxygens (including phenoxy) is 2. The summed E-state index contributed by atoms with van der Waals surface area (Å²) in [6.07, 6.45) is 3.78. The fraction of sp³-hybridized carbons (Fsp3) is 0.786. The van der Waals surface area contributed by atoms with Crippen LogP contribution in [0.15, 0.2) is 0 Å². The number of anilines is 2. The summed E-state index contributed by atoms with van der Waals surface area (Å²) in [6, 6.07) is 0.768. The largest absolute Gasteiger partial charge is 0.464 e. The average Bonchev–Trinajstić information content (AvgIpc) is 2.96. The van der Waals surface area contributed by atoms with Crippen molar-refractivity contribution in [3.63, 3.8) is 0 Å². The number of rotatable bonds is 5. The Labute approximate surface area is 125 Å². The molecule has 2 fully saturated rings. The maximum Gasteiger partial charge on any atom is 0.323 e. The maximum atomic E-state index is 5.85. The maximum absolute atomic E-state index is 5.85. The number of hydrogen-bond donors (Lipinski definition) is 1. The summed E-state index contributed by atoms with van der Waals surface area (Å²) >= 11 is 0. The highest BCUT2D eigenvalue weighted by atomic mass is 16.5. The molecule has 116 valence electrons. The molecule has 7 nitrogen and oxygen atoms in total. The molecule has 2 unspecified atom stereocenters. The third kappa shape index (κ3) is 3.02. The van der Waals surface area contributed by atoms with Gasteiger partial charge >= 0.3 is 6.01 Å². The minimum absolute atomic E-state index is 0.314. The molecule has 1 N–H and O–H groups in total. The van der Waals surface area contributed by atoms with E-state index in [0.717, 1.165) is 32.5 Å². The van der Waals surface area contributed by atoms with E-state index in [9.17, 15) is 0 Å². The van der Waals surface area contributed by atoms with Gasteiger partial charge in [0, 0.05) is 13.1 Å². The first-order valence-corrected chi connectivity index (χ1v) is 7.82. The van der Waals surface area contributed by atoms with Crippen molar-refractivity contribution in [1.29, 1.82) is 0 Å². The zero-order valence-corrected chi connectivity index (χ0v) is 12.7. The fourth-order valence-electron chi connectivity index (χ4n) is 3.08. The van der Waals surface area contributed by atoms with Crippen LogP contribution in [0, 0.1) is 0 Å². The molecule has 0 amide bonds. The summed E-state index contributed by atoms with van der Waals surface area (Å²) in [7, 11) is 0. The normalized spacial score (nSPS) is 24.8. The SMILES string of the molecule is CCNc1nc(OCC)nc(N2CCOC3CCCC32)n1. The first-order chi connectivity index (χ1) is 10.3. The second kappa shape index (κ2) is 6.43. The zero-order chi connectivity index (χ0) is 14.7. The third-order valence-corrected chi connectivity index (χ3v) is 3.95. The Morgan fingerprint density at radius 2 is 2.19 bits per heavy atom. The Hall–Kier alpha value is -1.63. The fourth-order valence-corrected chi connectivity index (χ4v) is 3.08. The van der Waals surface area contributed by atoms with Crippen LogP contribution < -0.4 is 15.0 Å². The van der Waals surface area contributed by atoms with Crippen LogP contribution in [-0.4, -0.2) is 53.4 Å². The highest BCUT2D eigenvalue weighted by molar-refractivity contribution is 5.40. The molecule has 1 saturated heterocycles. The molecule has 1 aliphatic carbocycles. The molecule has 1 aliphatic heterocycles. The molecular formula is C14H23N5O2. The molecule has 0 spiro atoms. The van der Waals surface area contributed by atoms with Crippen LogP contribution in [0.3, 0.4) is 0 Å². The van der Waals surface area contributed by atoms with E-state index in [4.69, 9.17) is 9.47 Å². The lowest BCUT2D eigenvalue weighted by Crippen LogP contribution is -2.49. The van der Waals surface area contributed by atoms with Gasteiger partial charge in [-0.15, -0.1) is 0 Å². The molecule has 2 atom stereocenters. The molecule has 1 saturated carbocycles. The van der Waals surface area contributed by atoms with E-state index in [1.807, 2.05) is 13.8 Å². The molecule has 2 aliphatic rings. The van der Waals surface area contributed by atoms with E-state index in [-0.39, 0.29) is 0 Å². The zero-order valence-electron chi connectivity index (χ0n) is 12.7. The first-order valence-electron chi connectivity index (χ1n) is 7.82. The standard InChI is InChI=1S/C14H23N5O2/c1-3-15-12-16-13(18-14(17-12)20-4-2)19-8-9-21-11-7-5-6-10(11)19/h10-11H,3-9H2,1-2H3,(H,15,16,17,18). The number of aromatic nitrogens is 3. The van der Waals surface area contributed by atoms with Crippen LogP contribution in [-0.2, 0) is 4.74 Å². The Morgan fingerprint density at radius 1 is 1.29 bits per heavy atom. The lowest BCUT2D eigenvalue weighted by atomic mass is 10.1. The quantitative estimate of drug-likeness (QED) is 0.881. The summed E-state index contributed by atoms with van der Waals surface area (Å²) in [5.74, 6) is 1.27. The topological polar surface area (TPSA) is 72.4 Å². The van der Waals surface area contributed by atoms with Gasteiger partial charge in [0.1, 0.15) is 0 Å². The number of morpholine rings is 1. The molecule has 0 radical (unpaired) electrons. The summed E-state index contributed by atoms with van der Waals surface area (Å²) < 4.78 is 11.3. The van der Waals surface area contributed by atoms with Gasteiger partial charge in [-0.1, -0.05) is 0 Å². The molecule has 1 aromatic rings. The summed E-state index contributed by atoms with van der Waals surface area (Å²) in [5.41, 5.74) is 0.